The van der Waals surface area contributed by atoms with Gasteiger partial charge in [-0.3, -0.25) is 4.79 Å². The number of allylic oxidation sites excluding steroid dienone is 1. The molecule has 1 aliphatic heterocycles. The minimum absolute atomic E-state index is 0.0745. The predicted octanol–water partition coefficient (Wildman–Crippen LogP) is 7.31. The second-order valence-corrected chi connectivity index (χ2v) is 10.2. The van der Waals surface area contributed by atoms with E-state index in [9.17, 15) is 4.79 Å². The number of amides is 1. The molecule has 5 heteroatoms. The van der Waals surface area contributed by atoms with Crippen molar-refractivity contribution in [2.75, 3.05) is 5.32 Å². The molecule has 0 aromatic heterocycles. The minimum atomic E-state index is -0.205. The van der Waals surface area contributed by atoms with Crippen molar-refractivity contribution >= 4 is 40.2 Å². The molecule has 1 atom stereocenters. The van der Waals surface area contributed by atoms with Gasteiger partial charge in [0, 0.05) is 5.69 Å². The van der Waals surface area contributed by atoms with E-state index in [0.29, 0.717) is 17.9 Å². The Morgan fingerprint density at radius 2 is 1.76 bits per heavy atom. The van der Waals surface area contributed by atoms with Crippen LogP contribution in [-0.2, 0) is 24.2 Å². The van der Waals surface area contributed by atoms with Crippen LogP contribution in [-0.4, -0.2) is 11.4 Å². The van der Waals surface area contributed by atoms with E-state index in [1.807, 2.05) is 48.6 Å². The average Bonchev–Trinajstić information content (AvgIpc) is 3.26. The fraction of sp³-hybridized carbons (Fsp3) is 0.156. The molecule has 1 fully saturated rings. The molecule has 0 bridgehead atoms. The van der Waals surface area contributed by atoms with Crippen LogP contribution in [0.15, 0.2) is 102 Å². The molecular weight excluding hydrogens is 476 g/mol. The first kappa shape index (κ1) is 24.7. The van der Waals surface area contributed by atoms with Crippen molar-refractivity contribution < 1.29 is 9.53 Å². The lowest BCUT2D eigenvalue weighted by atomic mass is 10.1. The Kier molecular flexibility index (Phi) is 7.62. The summed E-state index contributed by atoms with van der Waals surface area (Å²) in [6.07, 6.45) is 5.49. The molecule has 4 aromatic rings. The molecule has 1 saturated heterocycles. The summed E-state index contributed by atoms with van der Waals surface area (Å²) in [5.74, 6) is 0.753. The number of hydrogen-bond donors (Lipinski definition) is 2. The van der Waals surface area contributed by atoms with Crippen LogP contribution in [0.4, 0.5) is 5.69 Å². The third kappa shape index (κ3) is 6.07. The number of ether oxygens (including phenoxy) is 1. The Balaban J connectivity index is 1.27. The van der Waals surface area contributed by atoms with E-state index < -0.39 is 0 Å². The number of aryl methyl sites for hydroxylation is 1. The van der Waals surface area contributed by atoms with Crippen LogP contribution in [0.5, 0.6) is 5.75 Å². The summed E-state index contributed by atoms with van der Waals surface area (Å²) < 4.78 is 6.21. The zero-order chi connectivity index (χ0) is 25.6. The number of benzene rings is 4. The van der Waals surface area contributed by atoms with Crippen LogP contribution in [0, 0.1) is 0 Å². The van der Waals surface area contributed by atoms with Crippen LogP contribution in [0.1, 0.15) is 29.2 Å². The van der Waals surface area contributed by atoms with Crippen molar-refractivity contribution in [3.05, 3.63) is 125 Å². The lowest BCUT2D eigenvalue weighted by Gasteiger charge is -2.13. The number of nitrogens with one attached hydrogen (secondary N) is 2. The van der Waals surface area contributed by atoms with Gasteiger partial charge in [-0.05, 0) is 82.3 Å². The first-order valence-electron chi connectivity index (χ1n) is 12.5. The third-order valence-electron chi connectivity index (χ3n) is 6.35. The highest BCUT2D eigenvalue weighted by Gasteiger charge is 2.27. The summed E-state index contributed by atoms with van der Waals surface area (Å²) in [7, 11) is 0. The zero-order valence-corrected chi connectivity index (χ0v) is 21.7. The average molecular weight is 507 g/mol. The standard InChI is InChI=1S/C32H30N2O2S/c1-3-7-27-18-23(13-17-29(27)36-21-24-10-14-25-8-5-6-9-26(25)19-24)20-30-31(35)34-32(37-30)33-28-15-11-22(4-2)12-16-28/h3,5-6,8-20,32-33H,1,4,7,21H2,2H3,(H,34,35)/b30-20-/t32-/m0/s1. The maximum atomic E-state index is 12.6. The van der Waals surface area contributed by atoms with Gasteiger partial charge in [-0.2, -0.15) is 0 Å². The molecule has 1 amide bonds. The van der Waals surface area contributed by atoms with Crippen LogP contribution in [0.25, 0.3) is 16.8 Å². The molecule has 0 spiro atoms. The Morgan fingerprint density at radius 3 is 2.54 bits per heavy atom. The van der Waals surface area contributed by atoms with Crippen molar-refractivity contribution in [3.8, 4) is 5.75 Å². The third-order valence-corrected chi connectivity index (χ3v) is 7.37. The molecule has 0 saturated carbocycles. The quantitative estimate of drug-likeness (QED) is 0.185. The molecule has 1 aliphatic rings. The molecule has 186 valence electrons. The first-order chi connectivity index (χ1) is 18.1. The highest BCUT2D eigenvalue weighted by Crippen LogP contribution is 2.32. The summed E-state index contributed by atoms with van der Waals surface area (Å²) in [5, 5.41) is 8.81. The molecule has 37 heavy (non-hydrogen) atoms. The van der Waals surface area contributed by atoms with Gasteiger partial charge in [-0.15, -0.1) is 6.58 Å². The molecular formula is C32H30N2O2S. The van der Waals surface area contributed by atoms with E-state index in [4.69, 9.17) is 4.74 Å². The summed E-state index contributed by atoms with van der Waals surface area (Å²) in [5.41, 5.74) is 5.19. The Labute approximate surface area is 222 Å². The van der Waals surface area contributed by atoms with Gasteiger partial charge >= 0.3 is 0 Å². The van der Waals surface area contributed by atoms with E-state index in [1.54, 1.807) is 0 Å². The molecule has 4 nitrogen and oxygen atoms in total. The topological polar surface area (TPSA) is 50.4 Å². The van der Waals surface area contributed by atoms with Gasteiger partial charge < -0.3 is 15.4 Å². The van der Waals surface area contributed by atoms with Gasteiger partial charge in [0.2, 0.25) is 0 Å². The van der Waals surface area contributed by atoms with E-state index in [1.165, 1.54) is 28.1 Å². The Bertz CT molecular complexity index is 1460. The number of rotatable bonds is 9. The van der Waals surface area contributed by atoms with Crippen LogP contribution in [0.3, 0.4) is 0 Å². The highest BCUT2D eigenvalue weighted by molar-refractivity contribution is 8.05. The van der Waals surface area contributed by atoms with Crippen molar-refractivity contribution in [2.45, 2.75) is 31.9 Å². The normalized spacial score (nSPS) is 16.1. The van der Waals surface area contributed by atoms with Crippen molar-refractivity contribution in [2.24, 2.45) is 0 Å². The lowest BCUT2D eigenvalue weighted by molar-refractivity contribution is -0.116. The second kappa shape index (κ2) is 11.4. The number of carbonyl (C=O) groups excluding carboxylic acids is 1. The molecule has 2 N–H and O–H groups in total. The Morgan fingerprint density at radius 1 is 0.973 bits per heavy atom. The van der Waals surface area contributed by atoms with Crippen molar-refractivity contribution in [1.82, 2.24) is 5.32 Å². The fourth-order valence-electron chi connectivity index (χ4n) is 4.34. The fourth-order valence-corrected chi connectivity index (χ4v) is 5.32. The van der Waals surface area contributed by atoms with E-state index in [-0.39, 0.29) is 11.4 Å². The van der Waals surface area contributed by atoms with Crippen LogP contribution < -0.4 is 15.4 Å². The molecule has 0 aliphatic carbocycles. The molecule has 4 aromatic carbocycles. The maximum Gasteiger partial charge on any atom is 0.260 e. The van der Waals surface area contributed by atoms with Crippen molar-refractivity contribution in [1.29, 1.82) is 0 Å². The van der Waals surface area contributed by atoms with Crippen LogP contribution >= 0.6 is 11.8 Å². The molecule has 0 radical (unpaired) electrons. The summed E-state index contributed by atoms with van der Waals surface area (Å²) >= 11 is 1.49. The SMILES string of the molecule is C=CCc1cc(/C=C2\S[C@@H](Nc3ccc(CC)cc3)NC2=O)ccc1OCc1ccc2ccccc2c1. The number of carbonyl (C=O) groups is 1. The summed E-state index contributed by atoms with van der Waals surface area (Å²) in [6.45, 7) is 6.53. The maximum absolute atomic E-state index is 12.6. The van der Waals surface area contributed by atoms with Gasteiger partial charge in [0.05, 0.1) is 4.91 Å². The highest BCUT2D eigenvalue weighted by atomic mass is 32.2. The predicted molar refractivity (Wildman–Crippen MR) is 156 cm³/mol. The monoisotopic (exact) mass is 506 g/mol. The molecule has 0 unspecified atom stereocenters. The van der Waals surface area contributed by atoms with Crippen molar-refractivity contribution in [3.63, 3.8) is 0 Å². The smallest absolute Gasteiger partial charge is 0.260 e. The number of fused-ring (bicyclic) bond motifs is 1. The van der Waals surface area contributed by atoms with E-state index in [0.717, 1.165) is 34.5 Å². The molecule has 5 rings (SSSR count). The van der Waals surface area contributed by atoms with Gasteiger partial charge in [0.15, 0.2) is 5.50 Å². The zero-order valence-electron chi connectivity index (χ0n) is 20.9. The van der Waals surface area contributed by atoms with Gasteiger partial charge in [0.1, 0.15) is 12.4 Å². The van der Waals surface area contributed by atoms with E-state index >= 15 is 0 Å². The Hall–Kier alpha value is -3.96. The van der Waals surface area contributed by atoms with Gasteiger partial charge in [-0.25, -0.2) is 0 Å². The summed E-state index contributed by atoms with van der Waals surface area (Å²) in [4.78, 5) is 13.3. The minimum Gasteiger partial charge on any atom is -0.489 e. The van der Waals surface area contributed by atoms with Crippen LogP contribution in [0.2, 0.25) is 0 Å². The number of hydrogen-bond acceptors (Lipinski definition) is 4. The number of thioether (sulfide) groups is 1. The van der Waals surface area contributed by atoms with Gasteiger partial charge in [-0.1, -0.05) is 79.4 Å². The lowest BCUT2D eigenvalue weighted by Crippen LogP contribution is -2.30. The second-order valence-electron chi connectivity index (χ2n) is 9.00. The summed E-state index contributed by atoms with van der Waals surface area (Å²) in [6, 6.07) is 29.1. The van der Waals surface area contributed by atoms with Gasteiger partial charge in [0.25, 0.3) is 5.91 Å². The molecule has 1 heterocycles. The first-order valence-corrected chi connectivity index (χ1v) is 13.4. The largest absolute Gasteiger partial charge is 0.489 e. The van der Waals surface area contributed by atoms with E-state index in [2.05, 4.69) is 72.7 Å². The number of anilines is 1.